The summed E-state index contributed by atoms with van der Waals surface area (Å²) < 4.78 is 28.8. The largest absolute Gasteiger partial charge is 0.355 e. The molecule has 1 amide bonds. The van der Waals surface area contributed by atoms with E-state index in [0.717, 1.165) is 5.56 Å². The van der Waals surface area contributed by atoms with Crippen molar-refractivity contribution in [3.8, 4) is 0 Å². The van der Waals surface area contributed by atoms with E-state index in [2.05, 4.69) is 37.4 Å². The van der Waals surface area contributed by atoms with Crippen molar-refractivity contribution in [2.75, 3.05) is 17.8 Å². The van der Waals surface area contributed by atoms with Crippen molar-refractivity contribution in [2.45, 2.75) is 44.9 Å². The highest BCUT2D eigenvalue weighted by molar-refractivity contribution is 7.92. The zero-order valence-corrected chi connectivity index (χ0v) is 21.2. The molecule has 2 aromatic carbocycles. The van der Waals surface area contributed by atoms with Gasteiger partial charge < -0.3 is 10.2 Å². The summed E-state index contributed by atoms with van der Waals surface area (Å²) in [7, 11) is -3.88. The van der Waals surface area contributed by atoms with E-state index in [1.807, 2.05) is 0 Å². The monoisotopic (exact) mass is 490 g/mol. The van der Waals surface area contributed by atoms with Gasteiger partial charge in [0.15, 0.2) is 0 Å². The van der Waals surface area contributed by atoms with Crippen molar-refractivity contribution in [3.63, 3.8) is 0 Å². The highest BCUT2D eigenvalue weighted by Gasteiger charge is 2.21. The van der Waals surface area contributed by atoms with E-state index in [9.17, 15) is 13.2 Å². The van der Waals surface area contributed by atoms with Gasteiger partial charge in [0, 0.05) is 36.3 Å². The molecule has 0 unspecified atom stereocenters. The summed E-state index contributed by atoms with van der Waals surface area (Å²) in [6, 6.07) is 11.5. The smallest absolute Gasteiger partial charge is 0.261 e. The zero-order chi connectivity index (χ0) is 25.0. The van der Waals surface area contributed by atoms with Crippen molar-refractivity contribution in [1.82, 2.24) is 10.2 Å². The van der Waals surface area contributed by atoms with Crippen molar-refractivity contribution in [2.24, 2.45) is 0 Å². The number of hydrogen-bond donors (Lipinski definition) is 3. The lowest BCUT2D eigenvalue weighted by molar-refractivity contribution is -0.118. The second-order valence-electron chi connectivity index (χ2n) is 8.74. The Morgan fingerprint density at radius 1 is 1.12 bits per heavy atom. The Hall–Kier alpha value is -2.84. The van der Waals surface area contributed by atoms with Gasteiger partial charge >= 0.3 is 0 Å². The Bertz CT molecular complexity index is 1150. The molecular weight excluding hydrogens is 460 g/mol. The van der Waals surface area contributed by atoms with Crippen LogP contribution in [0.5, 0.6) is 0 Å². The molecule has 0 aromatic heterocycles. The molecule has 9 heteroatoms. The summed E-state index contributed by atoms with van der Waals surface area (Å²) in [6.07, 6.45) is 0. The molecule has 0 heterocycles. The summed E-state index contributed by atoms with van der Waals surface area (Å²) in [5, 5.41) is 11.2. The number of amidine groups is 1. The van der Waals surface area contributed by atoms with E-state index in [4.69, 9.17) is 17.0 Å². The molecule has 0 aliphatic rings. The Kier molecular flexibility index (Phi) is 8.32. The fourth-order valence-electron chi connectivity index (χ4n) is 3.18. The molecule has 0 aliphatic carbocycles. The van der Waals surface area contributed by atoms with Gasteiger partial charge in [0.05, 0.1) is 16.4 Å². The maximum atomic E-state index is 13.1. The highest BCUT2D eigenvalue weighted by Crippen LogP contribution is 2.31. The molecule has 0 bridgehead atoms. The Morgan fingerprint density at radius 2 is 1.73 bits per heavy atom. The number of anilines is 1. The van der Waals surface area contributed by atoms with E-state index in [1.165, 1.54) is 6.92 Å². The van der Waals surface area contributed by atoms with Gasteiger partial charge in [-0.3, -0.25) is 14.9 Å². The molecule has 0 saturated heterocycles. The lowest BCUT2D eigenvalue weighted by Crippen LogP contribution is -2.35. The average Bonchev–Trinajstić information content (AvgIpc) is 2.71. The number of carbonyl (C=O) groups is 1. The third kappa shape index (κ3) is 7.07. The van der Waals surface area contributed by atoms with Gasteiger partial charge in [-0.05, 0) is 48.2 Å². The van der Waals surface area contributed by atoms with Gasteiger partial charge in [-0.15, -0.1) is 0 Å². The third-order valence-electron chi connectivity index (χ3n) is 5.01. The predicted octanol–water partition coefficient (Wildman–Crippen LogP) is 4.84. The number of sulfonamides is 1. The van der Waals surface area contributed by atoms with Crippen LogP contribution in [0.25, 0.3) is 5.70 Å². The quantitative estimate of drug-likeness (QED) is 0.363. The standard InChI is InChI=1S/C24H31ClN4O3S/c1-16(29(17(2)26)14-13-27-18(3)30)22-15-20(25)9-12-23(22)28-33(31,32)21-10-7-19(8-11-21)24(4,5)6/h7-12,15,26,28H,1,13-14H2,2-6H3,(H,27,30). The van der Waals surface area contributed by atoms with Crippen molar-refractivity contribution >= 4 is 44.8 Å². The molecule has 7 nitrogen and oxygen atoms in total. The Morgan fingerprint density at radius 3 is 2.24 bits per heavy atom. The Balaban J connectivity index is 2.37. The van der Waals surface area contributed by atoms with Crippen molar-refractivity contribution in [3.05, 3.63) is 65.2 Å². The predicted molar refractivity (Wildman–Crippen MR) is 135 cm³/mol. The Labute approximate surface area is 201 Å². The average molecular weight is 491 g/mol. The van der Waals surface area contributed by atoms with Crippen LogP contribution in [0.2, 0.25) is 5.02 Å². The van der Waals surface area contributed by atoms with Crippen LogP contribution in [0, 0.1) is 5.41 Å². The fourth-order valence-corrected chi connectivity index (χ4v) is 4.43. The van der Waals surface area contributed by atoms with Crippen LogP contribution in [0.15, 0.2) is 53.9 Å². The zero-order valence-electron chi connectivity index (χ0n) is 19.6. The van der Waals surface area contributed by atoms with Crippen LogP contribution in [-0.4, -0.2) is 38.2 Å². The second kappa shape index (κ2) is 10.4. The first-order valence-electron chi connectivity index (χ1n) is 10.4. The van der Waals surface area contributed by atoms with Crippen molar-refractivity contribution in [1.29, 1.82) is 5.41 Å². The van der Waals surface area contributed by atoms with Crippen LogP contribution < -0.4 is 10.0 Å². The molecule has 178 valence electrons. The molecule has 0 spiro atoms. The van der Waals surface area contributed by atoms with E-state index in [1.54, 1.807) is 54.3 Å². The molecular formula is C24H31ClN4O3S. The summed E-state index contributed by atoms with van der Waals surface area (Å²) in [5.41, 5.74) is 2.04. The normalized spacial score (nSPS) is 11.6. The van der Waals surface area contributed by atoms with Crippen LogP contribution in [0.3, 0.4) is 0 Å². The molecule has 0 aliphatic heterocycles. The molecule has 2 rings (SSSR count). The van der Waals surface area contributed by atoms with Gasteiger partial charge in [-0.25, -0.2) is 8.42 Å². The van der Waals surface area contributed by atoms with Crippen LogP contribution in [0.4, 0.5) is 5.69 Å². The number of benzene rings is 2. The molecule has 33 heavy (non-hydrogen) atoms. The van der Waals surface area contributed by atoms with Gasteiger partial charge in [-0.1, -0.05) is 51.1 Å². The molecule has 0 radical (unpaired) electrons. The van der Waals surface area contributed by atoms with Crippen LogP contribution >= 0.6 is 11.6 Å². The highest BCUT2D eigenvalue weighted by atomic mass is 35.5. The minimum absolute atomic E-state index is 0.0951. The lowest BCUT2D eigenvalue weighted by atomic mass is 9.87. The number of hydrogen-bond acceptors (Lipinski definition) is 4. The van der Waals surface area contributed by atoms with Crippen LogP contribution in [-0.2, 0) is 20.2 Å². The maximum absolute atomic E-state index is 13.1. The number of carbonyl (C=O) groups excluding carboxylic acids is 1. The molecule has 0 atom stereocenters. The summed E-state index contributed by atoms with van der Waals surface area (Å²) >= 11 is 6.19. The third-order valence-corrected chi connectivity index (χ3v) is 6.62. The second-order valence-corrected chi connectivity index (χ2v) is 10.9. The number of halogens is 1. The summed E-state index contributed by atoms with van der Waals surface area (Å²) in [4.78, 5) is 12.9. The van der Waals surface area contributed by atoms with Crippen LogP contribution in [0.1, 0.15) is 45.7 Å². The van der Waals surface area contributed by atoms with Crippen molar-refractivity contribution < 1.29 is 13.2 Å². The lowest BCUT2D eigenvalue weighted by Gasteiger charge is -2.27. The van der Waals surface area contributed by atoms with Gasteiger partial charge in [0.1, 0.15) is 0 Å². The SMILES string of the molecule is C=C(c1cc(Cl)ccc1NS(=O)(=O)c1ccc(C(C)(C)C)cc1)N(CCNC(C)=O)C(C)=N. The van der Waals surface area contributed by atoms with Gasteiger partial charge in [0.2, 0.25) is 5.91 Å². The van der Waals surface area contributed by atoms with E-state index in [-0.39, 0.29) is 27.7 Å². The number of rotatable bonds is 8. The maximum Gasteiger partial charge on any atom is 0.261 e. The first-order valence-corrected chi connectivity index (χ1v) is 12.3. The molecule has 2 aromatic rings. The first-order chi connectivity index (χ1) is 15.2. The summed E-state index contributed by atoms with van der Waals surface area (Å²) in [6.45, 7) is 13.8. The number of amides is 1. The topological polar surface area (TPSA) is 102 Å². The van der Waals surface area contributed by atoms with Gasteiger partial charge in [0.25, 0.3) is 10.0 Å². The minimum Gasteiger partial charge on any atom is -0.355 e. The van der Waals surface area contributed by atoms with E-state index >= 15 is 0 Å². The first kappa shape index (κ1) is 26.4. The molecule has 0 fully saturated rings. The number of nitrogens with one attached hydrogen (secondary N) is 3. The fraction of sp³-hybridized carbons (Fsp3) is 0.333. The minimum atomic E-state index is -3.88. The number of nitrogens with zero attached hydrogens (tertiary/aromatic N) is 1. The van der Waals surface area contributed by atoms with E-state index in [0.29, 0.717) is 29.4 Å². The summed E-state index contributed by atoms with van der Waals surface area (Å²) in [5.74, 6) is 0.00813. The molecule has 0 saturated carbocycles. The molecule has 3 N–H and O–H groups in total. The van der Waals surface area contributed by atoms with E-state index < -0.39 is 10.0 Å². The van der Waals surface area contributed by atoms with Gasteiger partial charge in [-0.2, -0.15) is 0 Å².